The second-order valence-corrected chi connectivity index (χ2v) is 9.04. The van der Waals surface area contributed by atoms with Crippen molar-refractivity contribution in [2.45, 2.75) is 44.8 Å². The molecular weight excluding hydrogens is 424 g/mol. The van der Waals surface area contributed by atoms with Crippen LogP contribution in [0.4, 0.5) is 4.79 Å². The van der Waals surface area contributed by atoms with Crippen LogP contribution in [0.15, 0.2) is 85.1 Å². The highest BCUT2D eigenvalue weighted by atomic mass is 16.6. The molecule has 0 aliphatic carbocycles. The van der Waals surface area contributed by atoms with Gasteiger partial charge in [0, 0.05) is 25.2 Å². The molecule has 2 atom stereocenters. The second kappa shape index (κ2) is 10.1. The predicted molar refractivity (Wildman–Crippen MR) is 135 cm³/mol. The fraction of sp³-hybridized carbons (Fsp3) is 0.310. The molecule has 1 aliphatic heterocycles. The van der Waals surface area contributed by atoms with Gasteiger partial charge in [-0.25, -0.2) is 9.78 Å². The van der Waals surface area contributed by atoms with Crippen LogP contribution in [0.25, 0.3) is 11.1 Å². The number of nitrogens with zero attached hydrogens (tertiary/aromatic N) is 2. The topological polar surface area (TPSA) is 51.7 Å². The third-order valence-corrected chi connectivity index (χ3v) is 6.52. The molecular formula is C29H32N2O3. The van der Waals surface area contributed by atoms with E-state index in [-0.39, 0.29) is 12.1 Å². The molecule has 1 aromatic heterocycles. The summed E-state index contributed by atoms with van der Waals surface area (Å²) in [5.41, 5.74) is 4.52. The molecule has 2 heterocycles. The number of carbonyl (C=O) groups is 1. The molecule has 0 saturated carbocycles. The lowest BCUT2D eigenvalue weighted by Gasteiger charge is -2.34. The van der Waals surface area contributed by atoms with Gasteiger partial charge in [0.25, 0.3) is 0 Å². The Labute approximate surface area is 202 Å². The van der Waals surface area contributed by atoms with Crippen molar-refractivity contribution in [2.24, 2.45) is 0 Å². The summed E-state index contributed by atoms with van der Waals surface area (Å²) in [6, 6.07) is 22.1. The largest absolute Gasteiger partial charge is 0.481 e. The first-order valence-corrected chi connectivity index (χ1v) is 11.7. The quantitative estimate of drug-likeness (QED) is 0.362. The van der Waals surface area contributed by atoms with Crippen molar-refractivity contribution in [1.29, 1.82) is 0 Å². The molecule has 5 nitrogen and oxygen atoms in total. The highest BCUT2D eigenvalue weighted by Crippen LogP contribution is 2.40. The number of hydrogen-bond acceptors (Lipinski definition) is 4. The fourth-order valence-corrected chi connectivity index (χ4v) is 4.75. The lowest BCUT2D eigenvalue weighted by Crippen LogP contribution is -2.37. The maximum Gasteiger partial charge on any atom is 0.411 e. The molecule has 34 heavy (non-hydrogen) atoms. The first-order valence-electron chi connectivity index (χ1n) is 11.7. The zero-order chi connectivity index (χ0) is 24.1. The summed E-state index contributed by atoms with van der Waals surface area (Å²) in [6.07, 6.45) is 3.70. The number of rotatable bonds is 7. The SMILES string of the molecule is C=C(C)CC1(c2ccccc2)CCCN([C@@H](C)c2ccc(-c3ccnc(OC)c3)cc2)C(=O)O1. The number of benzene rings is 2. The second-order valence-electron chi connectivity index (χ2n) is 9.04. The molecule has 1 aliphatic rings. The molecule has 0 bridgehead atoms. The van der Waals surface area contributed by atoms with Crippen molar-refractivity contribution in [3.8, 4) is 17.0 Å². The average molecular weight is 457 g/mol. The van der Waals surface area contributed by atoms with Gasteiger partial charge in [-0.3, -0.25) is 0 Å². The van der Waals surface area contributed by atoms with E-state index in [4.69, 9.17) is 9.47 Å². The highest BCUT2D eigenvalue weighted by molar-refractivity contribution is 5.70. The van der Waals surface area contributed by atoms with Gasteiger partial charge in [0.2, 0.25) is 5.88 Å². The van der Waals surface area contributed by atoms with E-state index in [0.29, 0.717) is 18.8 Å². The monoisotopic (exact) mass is 456 g/mol. The van der Waals surface area contributed by atoms with Crippen molar-refractivity contribution >= 4 is 6.09 Å². The van der Waals surface area contributed by atoms with E-state index in [9.17, 15) is 4.79 Å². The smallest absolute Gasteiger partial charge is 0.411 e. The Morgan fingerprint density at radius 2 is 1.88 bits per heavy atom. The number of pyridine rings is 1. The van der Waals surface area contributed by atoms with E-state index in [1.54, 1.807) is 13.3 Å². The maximum absolute atomic E-state index is 13.4. The van der Waals surface area contributed by atoms with E-state index in [0.717, 1.165) is 40.7 Å². The maximum atomic E-state index is 13.4. The van der Waals surface area contributed by atoms with Crippen molar-refractivity contribution in [2.75, 3.05) is 13.7 Å². The molecule has 2 aromatic carbocycles. The summed E-state index contributed by atoms with van der Waals surface area (Å²) in [5, 5.41) is 0. The number of amides is 1. The molecule has 0 N–H and O–H groups in total. The van der Waals surface area contributed by atoms with Crippen LogP contribution in [0.1, 0.15) is 50.3 Å². The normalized spacial score (nSPS) is 19.1. The first-order chi connectivity index (χ1) is 16.4. The van der Waals surface area contributed by atoms with E-state index in [1.807, 2.05) is 54.3 Å². The summed E-state index contributed by atoms with van der Waals surface area (Å²) in [5.74, 6) is 0.582. The third-order valence-electron chi connectivity index (χ3n) is 6.52. The Hall–Kier alpha value is -3.60. The number of methoxy groups -OCH3 is 1. The van der Waals surface area contributed by atoms with Gasteiger partial charge < -0.3 is 14.4 Å². The zero-order valence-corrected chi connectivity index (χ0v) is 20.2. The van der Waals surface area contributed by atoms with Crippen molar-refractivity contribution in [3.63, 3.8) is 0 Å². The lowest BCUT2D eigenvalue weighted by molar-refractivity contribution is -0.00803. The van der Waals surface area contributed by atoms with Gasteiger partial charge in [0.1, 0.15) is 5.60 Å². The first kappa shape index (κ1) is 23.6. The fourth-order valence-electron chi connectivity index (χ4n) is 4.75. The van der Waals surface area contributed by atoms with E-state index in [1.165, 1.54) is 0 Å². The highest BCUT2D eigenvalue weighted by Gasteiger charge is 2.41. The number of cyclic esters (lactones) is 1. The summed E-state index contributed by atoms with van der Waals surface area (Å²) < 4.78 is 11.5. The molecule has 176 valence electrons. The zero-order valence-electron chi connectivity index (χ0n) is 20.2. The molecule has 3 aromatic rings. The van der Waals surface area contributed by atoms with Crippen LogP contribution in [0.2, 0.25) is 0 Å². The van der Waals surface area contributed by atoms with Crippen LogP contribution < -0.4 is 4.74 Å². The van der Waals surface area contributed by atoms with Gasteiger partial charge in [-0.1, -0.05) is 66.7 Å². The van der Waals surface area contributed by atoms with Gasteiger partial charge in [-0.2, -0.15) is 0 Å². The minimum absolute atomic E-state index is 0.107. The lowest BCUT2D eigenvalue weighted by atomic mass is 9.84. The number of ether oxygens (including phenoxy) is 2. The summed E-state index contributed by atoms with van der Waals surface area (Å²) in [4.78, 5) is 19.4. The Morgan fingerprint density at radius 3 is 2.56 bits per heavy atom. The number of carbonyl (C=O) groups excluding carboxylic acids is 1. The Bertz CT molecular complexity index is 1140. The summed E-state index contributed by atoms with van der Waals surface area (Å²) >= 11 is 0. The predicted octanol–water partition coefficient (Wildman–Crippen LogP) is 6.91. The van der Waals surface area contributed by atoms with E-state index < -0.39 is 5.60 Å². The van der Waals surface area contributed by atoms with Crippen LogP contribution in [-0.4, -0.2) is 29.6 Å². The van der Waals surface area contributed by atoms with E-state index in [2.05, 4.69) is 42.8 Å². The van der Waals surface area contributed by atoms with Crippen molar-refractivity contribution < 1.29 is 14.3 Å². The minimum atomic E-state index is -0.678. The molecule has 1 fully saturated rings. The Morgan fingerprint density at radius 1 is 1.15 bits per heavy atom. The molecule has 4 rings (SSSR count). The molecule has 1 amide bonds. The summed E-state index contributed by atoms with van der Waals surface area (Å²) in [7, 11) is 1.61. The van der Waals surface area contributed by atoms with Crippen LogP contribution in [-0.2, 0) is 10.3 Å². The van der Waals surface area contributed by atoms with Crippen molar-refractivity contribution in [3.05, 3.63) is 96.2 Å². The van der Waals surface area contributed by atoms with Gasteiger partial charge in [0.15, 0.2) is 0 Å². The third kappa shape index (κ3) is 4.98. The molecule has 1 unspecified atom stereocenters. The Balaban J connectivity index is 1.55. The van der Waals surface area contributed by atoms with Crippen LogP contribution in [0, 0.1) is 0 Å². The van der Waals surface area contributed by atoms with Crippen molar-refractivity contribution in [1.82, 2.24) is 9.88 Å². The average Bonchev–Trinajstić information content (AvgIpc) is 3.02. The van der Waals surface area contributed by atoms with Crippen LogP contribution >= 0.6 is 0 Å². The molecule has 5 heteroatoms. The number of hydrogen-bond donors (Lipinski definition) is 0. The molecule has 0 spiro atoms. The number of aromatic nitrogens is 1. The summed E-state index contributed by atoms with van der Waals surface area (Å²) in [6.45, 7) is 8.80. The van der Waals surface area contributed by atoms with Gasteiger partial charge >= 0.3 is 6.09 Å². The van der Waals surface area contributed by atoms with Gasteiger partial charge in [-0.15, -0.1) is 0 Å². The van der Waals surface area contributed by atoms with Crippen LogP contribution in [0.3, 0.4) is 0 Å². The standard InChI is InChI=1S/C29H32N2O3/c1-21(2)20-29(26-9-6-5-7-10-26)16-8-18-31(28(32)34-29)22(3)23-11-13-24(14-12-23)25-15-17-30-27(19-25)33-4/h5-7,9-15,17,19,22H,1,8,16,18,20H2,2-4H3/t22-,29?/m0/s1. The van der Waals surface area contributed by atoms with E-state index >= 15 is 0 Å². The Kier molecular flexibility index (Phi) is 7.01. The van der Waals surface area contributed by atoms with Gasteiger partial charge in [0.05, 0.1) is 13.2 Å². The van der Waals surface area contributed by atoms with Crippen LogP contribution in [0.5, 0.6) is 5.88 Å². The molecule has 1 saturated heterocycles. The molecule has 0 radical (unpaired) electrons. The minimum Gasteiger partial charge on any atom is -0.481 e. The van der Waals surface area contributed by atoms with Gasteiger partial charge in [-0.05, 0) is 55.0 Å².